The number of hydrogen-bond acceptors (Lipinski definition) is 2. The Balaban J connectivity index is 1.05. The Bertz CT molecular complexity index is 2870. The van der Waals surface area contributed by atoms with Crippen molar-refractivity contribution in [3.05, 3.63) is 199 Å². The Hall–Kier alpha value is -6.90. The molecule has 256 valence electrons. The number of hydrogen-bond donors (Lipinski definition) is 0. The van der Waals surface area contributed by atoms with Gasteiger partial charge in [0.15, 0.2) is 0 Å². The molecule has 2 heteroatoms. The molecule has 1 aromatic heterocycles. The first-order valence-electron chi connectivity index (χ1n) is 18.6. The van der Waals surface area contributed by atoms with Crippen molar-refractivity contribution in [2.75, 3.05) is 4.90 Å². The van der Waals surface area contributed by atoms with E-state index in [-0.39, 0.29) is 0 Å². The Morgan fingerprint density at radius 2 is 0.815 bits per heavy atom. The van der Waals surface area contributed by atoms with Crippen LogP contribution in [0.5, 0.6) is 0 Å². The highest BCUT2D eigenvalue weighted by Crippen LogP contribution is 2.41. The average Bonchev–Trinajstić information content (AvgIpc) is 3.58. The molecule has 0 bridgehead atoms. The predicted octanol–water partition coefficient (Wildman–Crippen LogP) is 15.0. The fraction of sp³-hybridized carbons (Fsp3) is 0.0385. The first kappa shape index (κ1) is 31.8. The molecule has 0 aliphatic heterocycles. The quantitative estimate of drug-likeness (QED) is 0.173. The van der Waals surface area contributed by atoms with Crippen LogP contribution in [0.4, 0.5) is 17.1 Å². The van der Waals surface area contributed by atoms with Gasteiger partial charge in [-0.15, -0.1) is 0 Å². The van der Waals surface area contributed by atoms with Gasteiger partial charge in [0.1, 0.15) is 11.2 Å². The number of furan rings is 1. The summed E-state index contributed by atoms with van der Waals surface area (Å²) in [5.74, 6) is 0. The standard InChI is InChI=1S/C52H37NO/c1-34-11-28-51-49(29-34)50-31-35(2)30-48(52(50)54-51)40-20-26-47(27-21-40)53(45-22-16-38(17-23-45)43-14-12-36-7-3-5-9-41(36)32-43)46-24-18-39(19-25-46)44-15-13-37-8-4-6-10-42(37)33-44/h3-33H,1-2H3. The first-order chi connectivity index (χ1) is 26.5. The van der Waals surface area contributed by atoms with E-state index in [1.807, 2.05) is 0 Å². The maximum Gasteiger partial charge on any atom is 0.143 e. The molecule has 0 N–H and O–H groups in total. The van der Waals surface area contributed by atoms with Gasteiger partial charge in [-0.25, -0.2) is 0 Å². The van der Waals surface area contributed by atoms with E-state index >= 15 is 0 Å². The predicted molar refractivity (Wildman–Crippen MR) is 229 cm³/mol. The van der Waals surface area contributed by atoms with Crippen molar-refractivity contribution in [3.63, 3.8) is 0 Å². The maximum atomic E-state index is 6.50. The summed E-state index contributed by atoms with van der Waals surface area (Å²) in [5, 5.41) is 7.32. The van der Waals surface area contributed by atoms with Gasteiger partial charge in [0, 0.05) is 33.4 Å². The van der Waals surface area contributed by atoms with Gasteiger partial charge in [-0.05, 0) is 142 Å². The monoisotopic (exact) mass is 691 g/mol. The van der Waals surface area contributed by atoms with E-state index in [0.29, 0.717) is 0 Å². The fourth-order valence-corrected chi connectivity index (χ4v) is 7.93. The summed E-state index contributed by atoms with van der Waals surface area (Å²) in [6.07, 6.45) is 0. The summed E-state index contributed by atoms with van der Waals surface area (Å²) in [6, 6.07) is 68.1. The summed E-state index contributed by atoms with van der Waals surface area (Å²) in [6.45, 7) is 4.30. The number of rotatable bonds is 6. The van der Waals surface area contributed by atoms with Crippen LogP contribution in [0.1, 0.15) is 11.1 Å². The second-order valence-electron chi connectivity index (χ2n) is 14.4. The molecule has 0 atom stereocenters. The minimum absolute atomic E-state index is 0.921. The molecule has 0 unspecified atom stereocenters. The maximum absolute atomic E-state index is 6.50. The summed E-state index contributed by atoms with van der Waals surface area (Å²) in [5.41, 5.74) is 14.6. The smallest absolute Gasteiger partial charge is 0.143 e. The molecule has 10 aromatic rings. The minimum atomic E-state index is 0.921. The molecule has 0 fully saturated rings. The molecule has 1 heterocycles. The van der Waals surface area contributed by atoms with Crippen LogP contribution in [-0.2, 0) is 0 Å². The molecule has 0 radical (unpaired) electrons. The molecule has 0 aliphatic rings. The van der Waals surface area contributed by atoms with Crippen molar-refractivity contribution in [1.82, 2.24) is 0 Å². The molecule has 0 aliphatic carbocycles. The van der Waals surface area contributed by atoms with Crippen LogP contribution in [0.15, 0.2) is 192 Å². The van der Waals surface area contributed by atoms with Crippen molar-refractivity contribution in [2.45, 2.75) is 13.8 Å². The van der Waals surface area contributed by atoms with Crippen LogP contribution in [-0.4, -0.2) is 0 Å². The lowest BCUT2D eigenvalue weighted by Gasteiger charge is -2.26. The second kappa shape index (κ2) is 12.9. The number of nitrogens with zero attached hydrogens (tertiary/aromatic N) is 1. The van der Waals surface area contributed by atoms with Gasteiger partial charge >= 0.3 is 0 Å². The van der Waals surface area contributed by atoms with E-state index in [0.717, 1.165) is 50.1 Å². The van der Waals surface area contributed by atoms with Crippen LogP contribution in [0.3, 0.4) is 0 Å². The van der Waals surface area contributed by atoms with Gasteiger partial charge in [0.25, 0.3) is 0 Å². The number of anilines is 3. The number of aryl methyl sites for hydroxylation is 2. The molecule has 0 saturated heterocycles. The second-order valence-corrected chi connectivity index (χ2v) is 14.4. The Morgan fingerprint density at radius 3 is 1.35 bits per heavy atom. The fourth-order valence-electron chi connectivity index (χ4n) is 7.93. The lowest BCUT2D eigenvalue weighted by atomic mass is 9.98. The number of benzene rings is 9. The van der Waals surface area contributed by atoms with Gasteiger partial charge in [-0.3, -0.25) is 0 Å². The normalized spacial score (nSPS) is 11.5. The molecular formula is C52H37NO. The summed E-state index contributed by atoms with van der Waals surface area (Å²) < 4.78 is 6.50. The molecule has 0 spiro atoms. The average molecular weight is 692 g/mol. The van der Waals surface area contributed by atoms with Crippen LogP contribution in [0, 0.1) is 13.8 Å². The van der Waals surface area contributed by atoms with Crippen molar-refractivity contribution in [2.24, 2.45) is 0 Å². The minimum Gasteiger partial charge on any atom is -0.455 e. The highest BCUT2D eigenvalue weighted by Gasteiger charge is 2.17. The van der Waals surface area contributed by atoms with E-state index in [1.165, 1.54) is 54.9 Å². The summed E-state index contributed by atoms with van der Waals surface area (Å²) >= 11 is 0. The van der Waals surface area contributed by atoms with Gasteiger partial charge in [-0.2, -0.15) is 0 Å². The van der Waals surface area contributed by atoms with Crippen LogP contribution in [0.25, 0.3) is 76.9 Å². The van der Waals surface area contributed by atoms with Gasteiger partial charge < -0.3 is 9.32 Å². The van der Waals surface area contributed by atoms with E-state index in [9.17, 15) is 0 Å². The molecule has 9 aromatic carbocycles. The molecule has 2 nitrogen and oxygen atoms in total. The Labute approximate surface area is 315 Å². The summed E-state index contributed by atoms with van der Waals surface area (Å²) in [7, 11) is 0. The van der Waals surface area contributed by atoms with E-state index in [1.54, 1.807) is 0 Å². The molecule has 0 saturated carbocycles. The molecule has 10 rings (SSSR count). The van der Waals surface area contributed by atoms with Gasteiger partial charge in [0.05, 0.1) is 0 Å². The first-order valence-corrected chi connectivity index (χ1v) is 18.6. The molecule has 54 heavy (non-hydrogen) atoms. The highest BCUT2D eigenvalue weighted by atomic mass is 16.3. The third-order valence-electron chi connectivity index (χ3n) is 10.7. The van der Waals surface area contributed by atoms with Crippen molar-refractivity contribution < 1.29 is 4.42 Å². The number of fused-ring (bicyclic) bond motifs is 5. The third kappa shape index (κ3) is 5.70. The zero-order chi connectivity index (χ0) is 36.2. The zero-order valence-electron chi connectivity index (χ0n) is 30.3. The van der Waals surface area contributed by atoms with Gasteiger partial charge in [-0.1, -0.05) is 121 Å². The topological polar surface area (TPSA) is 16.4 Å². The Kier molecular flexibility index (Phi) is 7.63. The van der Waals surface area contributed by atoms with Crippen LogP contribution < -0.4 is 4.90 Å². The van der Waals surface area contributed by atoms with Crippen molar-refractivity contribution >= 4 is 60.5 Å². The van der Waals surface area contributed by atoms with Crippen molar-refractivity contribution in [1.29, 1.82) is 0 Å². The lowest BCUT2D eigenvalue weighted by Crippen LogP contribution is -2.09. The van der Waals surface area contributed by atoms with E-state index < -0.39 is 0 Å². The SMILES string of the molecule is Cc1ccc2oc3c(-c4ccc(N(c5ccc(-c6ccc7ccccc7c6)cc5)c5ccc(-c6ccc7ccccc7c6)cc5)cc4)cc(C)cc3c2c1. The molecular weight excluding hydrogens is 655 g/mol. The third-order valence-corrected chi connectivity index (χ3v) is 10.7. The lowest BCUT2D eigenvalue weighted by molar-refractivity contribution is 0.670. The van der Waals surface area contributed by atoms with E-state index in [4.69, 9.17) is 4.42 Å². The van der Waals surface area contributed by atoms with Crippen LogP contribution >= 0.6 is 0 Å². The highest BCUT2D eigenvalue weighted by molar-refractivity contribution is 6.10. The van der Waals surface area contributed by atoms with Crippen LogP contribution in [0.2, 0.25) is 0 Å². The largest absolute Gasteiger partial charge is 0.455 e. The van der Waals surface area contributed by atoms with Crippen molar-refractivity contribution in [3.8, 4) is 33.4 Å². The Morgan fingerprint density at radius 1 is 0.352 bits per heavy atom. The molecule has 0 amide bonds. The zero-order valence-corrected chi connectivity index (χ0v) is 30.3. The summed E-state index contributed by atoms with van der Waals surface area (Å²) in [4.78, 5) is 2.34. The van der Waals surface area contributed by atoms with Gasteiger partial charge in [0.2, 0.25) is 0 Å². The van der Waals surface area contributed by atoms with E-state index in [2.05, 4.69) is 207 Å².